The van der Waals surface area contributed by atoms with E-state index in [-0.39, 0.29) is 11.3 Å². The molecule has 0 radical (unpaired) electrons. The minimum absolute atomic E-state index is 0.226. The molecule has 29 heavy (non-hydrogen) atoms. The lowest BCUT2D eigenvalue weighted by molar-refractivity contribution is -0.483. The maximum atomic E-state index is 13.2. The number of hydrogen-bond donors (Lipinski definition) is 0. The molecule has 2 atom stereocenters. The number of nitrogens with zero attached hydrogens (tertiary/aromatic N) is 3. The fourth-order valence-corrected chi connectivity index (χ4v) is 3.89. The third-order valence-corrected chi connectivity index (χ3v) is 6.20. The van der Waals surface area contributed by atoms with Gasteiger partial charge in [0.25, 0.3) is 5.91 Å². The molecule has 6 nitrogen and oxygen atoms in total. The lowest BCUT2D eigenvalue weighted by atomic mass is 9.82. The summed E-state index contributed by atoms with van der Waals surface area (Å²) in [4.78, 5) is 23.9. The van der Waals surface area contributed by atoms with Crippen molar-refractivity contribution in [2.45, 2.75) is 23.3 Å². The fraction of sp³-hybridized carbons (Fsp3) is 0.263. The Morgan fingerprint density at radius 3 is 2.28 bits per heavy atom. The molecule has 2 aromatic carbocycles. The van der Waals surface area contributed by atoms with Gasteiger partial charge < -0.3 is 0 Å². The molecule has 1 aliphatic heterocycles. The van der Waals surface area contributed by atoms with E-state index in [0.717, 1.165) is 29.3 Å². The third-order valence-electron chi connectivity index (χ3n) is 4.73. The molecule has 0 aliphatic carbocycles. The van der Waals surface area contributed by atoms with Crippen molar-refractivity contribution >= 4 is 33.2 Å². The fourth-order valence-electron chi connectivity index (χ4n) is 3.24. The molecule has 10 heteroatoms. The summed E-state index contributed by atoms with van der Waals surface area (Å²) in [5.41, 5.74) is 0.103. The van der Waals surface area contributed by atoms with E-state index in [4.69, 9.17) is 0 Å². The molecule has 0 N–H and O–H groups in total. The predicted octanol–water partition coefficient (Wildman–Crippen LogP) is 4.62. The second-order valence-corrected chi connectivity index (χ2v) is 7.79. The number of nitro groups is 1. The van der Waals surface area contributed by atoms with Gasteiger partial charge in [-0.2, -0.15) is 23.3 Å². The summed E-state index contributed by atoms with van der Waals surface area (Å²) in [5, 5.41) is 16.7. The Kier molecular flexibility index (Phi) is 5.48. The average molecular weight is 470 g/mol. The van der Waals surface area contributed by atoms with Crippen molar-refractivity contribution in [3.8, 4) is 0 Å². The number of rotatable bonds is 5. The molecule has 152 valence electrons. The number of hydrogen-bond acceptors (Lipinski definition) is 4. The van der Waals surface area contributed by atoms with Gasteiger partial charge in [-0.05, 0) is 36.8 Å². The molecule has 0 saturated heterocycles. The van der Waals surface area contributed by atoms with Gasteiger partial charge in [-0.1, -0.05) is 46.3 Å². The van der Waals surface area contributed by atoms with Gasteiger partial charge in [0.2, 0.25) is 6.54 Å². The summed E-state index contributed by atoms with van der Waals surface area (Å²) in [6.45, 7) is 0.879. The van der Waals surface area contributed by atoms with Crippen LogP contribution in [0.4, 0.5) is 18.9 Å². The molecule has 0 saturated carbocycles. The maximum absolute atomic E-state index is 13.2. The topological polar surface area (TPSA) is 75.8 Å². The van der Waals surface area contributed by atoms with E-state index in [9.17, 15) is 28.1 Å². The number of carbonyl (C=O) groups is 1. The van der Waals surface area contributed by atoms with E-state index in [1.807, 2.05) is 0 Å². The van der Waals surface area contributed by atoms with Crippen molar-refractivity contribution in [2.75, 3.05) is 11.6 Å². The lowest BCUT2D eigenvalue weighted by Crippen LogP contribution is -2.47. The first-order valence-corrected chi connectivity index (χ1v) is 9.27. The highest BCUT2D eigenvalue weighted by atomic mass is 79.9. The Hall–Kier alpha value is -2.75. The van der Waals surface area contributed by atoms with E-state index >= 15 is 0 Å². The largest absolute Gasteiger partial charge is 0.416 e. The molecule has 0 spiro atoms. The molecular weight excluding hydrogens is 455 g/mol. The second-order valence-electron chi connectivity index (χ2n) is 6.54. The van der Waals surface area contributed by atoms with Crippen LogP contribution in [0.3, 0.4) is 0 Å². The number of anilines is 1. The monoisotopic (exact) mass is 469 g/mol. The van der Waals surface area contributed by atoms with Crippen LogP contribution in [0.25, 0.3) is 0 Å². The third kappa shape index (κ3) is 3.89. The van der Waals surface area contributed by atoms with Crippen molar-refractivity contribution in [1.29, 1.82) is 0 Å². The quantitative estimate of drug-likeness (QED) is 0.364. The van der Waals surface area contributed by atoms with Crippen LogP contribution < -0.4 is 5.01 Å². The van der Waals surface area contributed by atoms with Gasteiger partial charge in [-0.15, -0.1) is 0 Å². The number of alkyl halides is 4. The predicted molar refractivity (Wildman–Crippen MR) is 105 cm³/mol. The molecule has 1 aliphatic rings. The highest BCUT2D eigenvalue weighted by Crippen LogP contribution is 2.44. The van der Waals surface area contributed by atoms with Crippen LogP contribution in [0, 0.1) is 10.1 Å². The van der Waals surface area contributed by atoms with Crippen molar-refractivity contribution < 1.29 is 22.9 Å². The molecule has 0 bridgehead atoms. The number of amides is 1. The zero-order valence-electron chi connectivity index (χ0n) is 15.1. The van der Waals surface area contributed by atoms with Gasteiger partial charge in [-0.25, -0.2) is 0 Å². The average Bonchev–Trinajstić information content (AvgIpc) is 2.91. The molecule has 2 aromatic rings. The molecular formula is C19H15BrF3N3O3. The van der Waals surface area contributed by atoms with Gasteiger partial charge in [0, 0.05) is 4.92 Å². The van der Waals surface area contributed by atoms with Crippen LogP contribution in [0.1, 0.15) is 24.0 Å². The van der Waals surface area contributed by atoms with Crippen LogP contribution in [-0.2, 0) is 11.0 Å². The minimum Gasteiger partial charge on any atom is -0.270 e. The summed E-state index contributed by atoms with van der Waals surface area (Å²) in [7, 11) is 0. The number of benzene rings is 2. The summed E-state index contributed by atoms with van der Waals surface area (Å²) in [6, 6.07) is 12.5. The van der Waals surface area contributed by atoms with Gasteiger partial charge in [0.1, 0.15) is 0 Å². The number of hydrazone groups is 1. The molecule has 0 aromatic heterocycles. The Labute approximate surface area is 172 Å². The zero-order valence-corrected chi connectivity index (χ0v) is 16.6. The van der Waals surface area contributed by atoms with Gasteiger partial charge in [-0.3, -0.25) is 14.9 Å². The standard InChI is InChI=1S/C19H15BrF3N3O3/c1-12-18(20,17(27)26(24-12)15-5-3-2-4-6-15)16(11-25(28)29)13-7-9-14(10-8-13)19(21,22)23/h2-10,16H,11H2,1H3/t16-,18-/m0/s1. The number of halogens is 4. The molecule has 0 fully saturated rings. The first kappa shape index (κ1) is 21.0. The molecule has 3 rings (SSSR count). The van der Waals surface area contributed by atoms with Crippen LogP contribution in [-0.4, -0.2) is 27.4 Å². The highest BCUT2D eigenvalue weighted by Gasteiger charge is 2.55. The van der Waals surface area contributed by atoms with Crippen LogP contribution >= 0.6 is 15.9 Å². The van der Waals surface area contributed by atoms with Crippen molar-refractivity contribution in [2.24, 2.45) is 5.10 Å². The normalized spacial score (nSPS) is 20.5. The van der Waals surface area contributed by atoms with Gasteiger partial charge >= 0.3 is 6.18 Å². The molecule has 1 heterocycles. The van der Waals surface area contributed by atoms with Gasteiger partial charge in [0.05, 0.1) is 22.9 Å². The minimum atomic E-state index is -4.53. The van der Waals surface area contributed by atoms with Crippen LogP contribution in [0.2, 0.25) is 0 Å². The second kappa shape index (κ2) is 7.58. The lowest BCUT2D eigenvalue weighted by Gasteiger charge is -2.29. The van der Waals surface area contributed by atoms with E-state index in [0.29, 0.717) is 5.69 Å². The first-order valence-electron chi connectivity index (χ1n) is 8.48. The SMILES string of the molecule is CC1=NN(c2ccccc2)C(=O)[C@@]1(Br)[C@@H](C[N+](=O)[O-])c1ccc(C(F)(F)F)cc1. The van der Waals surface area contributed by atoms with Crippen molar-refractivity contribution in [3.63, 3.8) is 0 Å². The Morgan fingerprint density at radius 1 is 1.17 bits per heavy atom. The summed E-state index contributed by atoms with van der Waals surface area (Å²) >= 11 is 3.36. The Balaban J connectivity index is 2.03. The van der Waals surface area contributed by atoms with Crippen molar-refractivity contribution in [1.82, 2.24) is 0 Å². The molecule has 0 unspecified atom stereocenters. The number of carbonyl (C=O) groups excluding carboxylic acids is 1. The zero-order chi connectivity index (χ0) is 21.4. The van der Waals surface area contributed by atoms with Crippen LogP contribution in [0.15, 0.2) is 59.7 Å². The van der Waals surface area contributed by atoms with Crippen molar-refractivity contribution in [3.05, 3.63) is 75.8 Å². The Morgan fingerprint density at radius 2 is 1.76 bits per heavy atom. The van der Waals surface area contributed by atoms with E-state index < -0.39 is 39.4 Å². The summed E-state index contributed by atoms with van der Waals surface area (Å²) in [5.74, 6) is -1.61. The Bertz CT molecular complexity index is 964. The van der Waals surface area contributed by atoms with E-state index in [1.165, 1.54) is 0 Å². The first-order chi connectivity index (χ1) is 13.5. The van der Waals surface area contributed by atoms with Crippen LogP contribution in [0.5, 0.6) is 0 Å². The summed E-state index contributed by atoms with van der Waals surface area (Å²) in [6.07, 6.45) is -4.53. The van der Waals surface area contributed by atoms with E-state index in [2.05, 4.69) is 21.0 Å². The smallest absolute Gasteiger partial charge is 0.270 e. The maximum Gasteiger partial charge on any atom is 0.416 e. The molecule has 1 amide bonds. The summed E-state index contributed by atoms with van der Waals surface area (Å²) < 4.78 is 37.1. The van der Waals surface area contributed by atoms with Gasteiger partial charge in [0.15, 0.2) is 4.32 Å². The number of para-hydroxylation sites is 1. The van der Waals surface area contributed by atoms with E-state index in [1.54, 1.807) is 37.3 Å². The highest BCUT2D eigenvalue weighted by molar-refractivity contribution is 9.10.